The Morgan fingerprint density at radius 1 is 1.31 bits per heavy atom. The third-order valence-electron chi connectivity index (χ3n) is 2.53. The van der Waals surface area contributed by atoms with E-state index in [1.54, 1.807) is 12.5 Å². The minimum absolute atomic E-state index is 0.423. The maximum atomic E-state index is 8.70. The van der Waals surface area contributed by atoms with Crippen LogP contribution in [0.15, 0.2) is 43.0 Å². The summed E-state index contributed by atoms with van der Waals surface area (Å²) in [6.07, 6.45) is 5.26. The van der Waals surface area contributed by atoms with E-state index in [9.17, 15) is 0 Å². The van der Waals surface area contributed by atoms with E-state index in [0.717, 1.165) is 11.2 Å². The Kier molecular flexibility index (Phi) is 1.77. The first-order chi connectivity index (χ1) is 7.86. The molecule has 76 valence electrons. The Morgan fingerprint density at radius 3 is 3.06 bits per heavy atom. The van der Waals surface area contributed by atoms with Crippen LogP contribution in [-0.4, -0.2) is 14.5 Å². The standard InChI is InChI=1S/C12H8N4/c13-6-10-7-16(8-15-10)11-2-1-9-3-4-14-12(9)5-11/h1-5,7-8,14H. The van der Waals surface area contributed by atoms with Crippen LogP contribution in [0.25, 0.3) is 16.6 Å². The average Bonchev–Trinajstić information content (AvgIpc) is 2.96. The van der Waals surface area contributed by atoms with Gasteiger partial charge in [0.2, 0.25) is 0 Å². The number of hydrogen-bond acceptors (Lipinski definition) is 2. The number of rotatable bonds is 1. The van der Waals surface area contributed by atoms with Gasteiger partial charge in [-0.3, -0.25) is 0 Å². The van der Waals surface area contributed by atoms with Gasteiger partial charge in [0.05, 0.1) is 0 Å². The molecule has 2 heterocycles. The number of H-pyrrole nitrogens is 1. The molecule has 1 N–H and O–H groups in total. The third kappa shape index (κ3) is 1.27. The molecule has 3 aromatic rings. The molecular weight excluding hydrogens is 200 g/mol. The van der Waals surface area contributed by atoms with Crippen LogP contribution in [0.5, 0.6) is 0 Å². The summed E-state index contributed by atoms with van der Waals surface area (Å²) in [6.45, 7) is 0. The fourth-order valence-electron chi connectivity index (χ4n) is 1.72. The number of hydrogen-bond donors (Lipinski definition) is 1. The molecule has 0 aliphatic heterocycles. The highest BCUT2D eigenvalue weighted by Gasteiger charge is 2.01. The van der Waals surface area contributed by atoms with Crippen molar-refractivity contribution in [2.24, 2.45) is 0 Å². The van der Waals surface area contributed by atoms with Gasteiger partial charge in [0.15, 0.2) is 5.69 Å². The molecule has 0 amide bonds. The first-order valence-corrected chi connectivity index (χ1v) is 4.88. The zero-order valence-electron chi connectivity index (χ0n) is 8.38. The fraction of sp³-hybridized carbons (Fsp3) is 0. The van der Waals surface area contributed by atoms with Crippen molar-refractivity contribution in [1.29, 1.82) is 5.26 Å². The number of imidazole rings is 1. The Balaban J connectivity index is 2.14. The lowest BCUT2D eigenvalue weighted by Gasteiger charge is -2.01. The Morgan fingerprint density at radius 2 is 2.25 bits per heavy atom. The summed E-state index contributed by atoms with van der Waals surface area (Å²) in [6, 6.07) is 10.1. The smallest absolute Gasteiger partial charge is 0.158 e. The van der Waals surface area contributed by atoms with Crippen molar-refractivity contribution < 1.29 is 0 Å². The van der Waals surface area contributed by atoms with E-state index in [0.29, 0.717) is 5.69 Å². The Labute approximate surface area is 91.8 Å². The molecule has 0 radical (unpaired) electrons. The second-order valence-corrected chi connectivity index (χ2v) is 3.53. The van der Waals surface area contributed by atoms with Crippen molar-refractivity contribution in [3.8, 4) is 11.8 Å². The van der Waals surface area contributed by atoms with Gasteiger partial charge < -0.3 is 9.55 Å². The van der Waals surface area contributed by atoms with Crippen LogP contribution in [0.4, 0.5) is 0 Å². The second-order valence-electron chi connectivity index (χ2n) is 3.53. The molecule has 0 atom stereocenters. The van der Waals surface area contributed by atoms with Crippen LogP contribution < -0.4 is 0 Å². The van der Waals surface area contributed by atoms with Crippen molar-refractivity contribution in [2.45, 2.75) is 0 Å². The summed E-state index contributed by atoms with van der Waals surface area (Å²) in [5, 5.41) is 9.88. The maximum Gasteiger partial charge on any atom is 0.158 e. The van der Waals surface area contributed by atoms with Crippen LogP contribution in [0.1, 0.15) is 5.69 Å². The molecule has 0 fully saturated rings. The Hall–Kier alpha value is -2.54. The van der Waals surface area contributed by atoms with E-state index < -0.39 is 0 Å². The van der Waals surface area contributed by atoms with Gasteiger partial charge in [0.1, 0.15) is 12.4 Å². The lowest BCUT2D eigenvalue weighted by atomic mass is 10.2. The lowest BCUT2D eigenvalue weighted by molar-refractivity contribution is 1.06. The minimum atomic E-state index is 0.423. The van der Waals surface area contributed by atoms with Crippen LogP contribution in [0, 0.1) is 11.3 Å². The van der Waals surface area contributed by atoms with E-state index >= 15 is 0 Å². The SMILES string of the molecule is N#Cc1cn(-c2ccc3cc[nH]c3c2)cn1. The van der Waals surface area contributed by atoms with Crippen LogP contribution >= 0.6 is 0 Å². The van der Waals surface area contributed by atoms with Gasteiger partial charge >= 0.3 is 0 Å². The highest BCUT2D eigenvalue weighted by Crippen LogP contribution is 2.17. The van der Waals surface area contributed by atoms with Gasteiger partial charge in [-0.25, -0.2) is 4.98 Å². The number of aromatic nitrogens is 3. The molecule has 2 aromatic heterocycles. The van der Waals surface area contributed by atoms with E-state index in [2.05, 4.69) is 9.97 Å². The number of fused-ring (bicyclic) bond motifs is 1. The fourth-order valence-corrected chi connectivity index (χ4v) is 1.72. The first kappa shape index (κ1) is 8.74. The minimum Gasteiger partial charge on any atom is -0.361 e. The van der Waals surface area contributed by atoms with E-state index in [1.165, 1.54) is 5.39 Å². The number of nitrogens with one attached hydrogen (secondary N) is 1. The molecule has 0 saturated carbocycles. The summed E-state index contributed by atoms with van der Waals surface area (Å²) >= 11 is 0. The van der Waals surface area contributed by atoms with Crippen molar-refractivity contribution in [3.63, 3.8) is 0 Å². The van der Waals surface area contributed by atoms with E-state index in [4.69, 9.17) is 5.26 Å². The largest absolute Gasteiger partial charge is 0.361 e. The van der Waals surface area contributed by atoms with Crippen molar-refractivity contribution in [3.05, 3.63) is 48.7 Å². The zero-order valence-corrected chi connectivity index (χ0v) is 8.38. The highest BCUT2D eigenvalue weighted by atomic mass is 15.0. The molecule has 1 aromatic carbocycles. The lowest BCUT2D eigenvalue weighted by Crippen LogP contribution is -1.88. The molecule has 3 rings (SSSR count). The second kappa shape index (κ2) is 3.24. The predicted octanol–water partition coefficient (Wildman–Crippen LogP) is 2.23. The molecule has 4 heteroatoms. The van der Waals surface area contributed by atoms with E-state index in [-0.39, 0.29) is 0 Å². The molecule has 4 nitrogen and oxygen atoms in total. The number of nitriles is 1. The van der Waals surface area contributed by atoms with Crippen molar-refractivity contribution in [1.82, 2.24) is 14.5 Å². The summed E-state index contributed by atoms with van der Waals surface area (Å²) < 4.78 is 1.83. The Bertz CT molecular complexity index is 684. The van der Waals surface area contributed by atoms with Crippen molar-refractivity contribution in [2.75, 3.05) is 0 Å². The summed E-state index contributed by atoms with van der Waals surface area (Å²) in [7, 11) is 0. The van der Waals surface area contributed by atoms with Gasteiger partial charge in [0, 0.05) is 23.6 Å². The highest BCUT2D eigenvalue weighted by molar-refractivity contribution is 5.81. The molecule has 0 aliphatic rings. The first-order valence-electron chi connectivity index (χ1n) is 4.88. The topological polar surface area (TPSA) is 57.4 Å². The number of benzene rings is 1. The predicted molar refractivity (Wildman–Crippen MR) is 60.1 cm³/mol. The molecule has 0 saturated heterocycles. The average molecular weight is 208 g/mol. The van der Waals surface area contributed by atoms with Gasteiger partial charge in [-0.2, -0.15) is 5.26 Å². The van der Waals surface area contributed by atoms with Gasteiger partial charge in [-0.05, 0) is 23.6 Å². The molecule has 0 spiro atoms. The van der Waals surface area contributed by atoms with Crippen LogP contribution in [0.3, 0.4) is 0 Å². The number of aromatic amines is 1. The van der Waals surface area contributed by atoms with Crippen LogP contribution in [0.2, 0.25) is 0 Å². The molecule has 0 aliphatic carbocycles. The van der Waals surface area contributed by atoms with Crippen molar-refractivity contribution >= 4 is 10.9 Å². The molecule has 0 unspecified atom stereocenters. The molecule has 16 heavy (non-hydrogen) atoms. The van der Waals surface area contributed by atoms with Crippen LogP contribution in [-0.2, 0) is 0 Å². The third-order valence-corrected chi connectivity index (χ3v) is 2.53. The maximum absolute atomic E-state index is 8.70. The monoisotopic (exact) mass is 208 g/mol. The molecular formula is C12H8N4. The van der Waals surface area contributed by atoms with Gasteiger partial charge in [-0.1, -0.05) is 6.07 Å². The summed E-state index contributed by atoms with van der Waals surface area (Å²) in [5.41, 5.74) is 2.49. The van der Waals surface area contributed by atoms with Gasteiger partial charge in [0.25, 0.3) is 0 Å². The zero-order chi connectivity index (χ0) is 11.0. The summed E-state index contributed by atoms with van der Waals surface area (Å²) in [5.74, 6) is 0. The van der Waals surface area contributed by atoms with E-state index in [1.807, 2.05) is 41.1 Å². The molecule has 0 bridgehead atoms. The van der Waals surface area contributed by atoms with Gasteiger partial charge in [-0.15, -0.1) is 0 Å². The normalized spacial score (nSPS) is 10.4. The summed E-state index contributed by atoms with van der Waals surface area (Å²) in [4.78, 5) is 7.12. The number of nitrogens with zero attached hydrogens (tertiary/aromatic N) is 3. The quantitative estimate of drug-likeness (QED) is 0.666.